The number of fused-ring (bicyclic) bond motifs is 2. The quantitative estimate of drug-likeness (QED) is 0.539. The van der Waals surface area contributed by atoms with Gasteiger partial charge in [0.05, 0.1) is 15.6 Å². The van der Waals surface area contributed by atoms with Crippen LogP contribution in [0.5, 0.6) is 5.75 Å². The summed E-state index contributed by atoms with van der Waals surface area (Å²) in [6.45, 7) is 2.20. The number of carbonyl (C=O) groups is 1. The molecule has 3 aromatic rings. The SMILES string of the molecule is C[C@@H]1Cc2ccccc2N1C(=O)COc1ccc(S(=O)(=O)N2CCc3ccccc32)cc1Cl. The predicted molar refractivity (Wildman–Crippen MR) is 129 cm³/mol. The van der Waals surface area contributed by atoms with E-state index in [4.69, 9.17) is 16.3 Å². The van der Waals surface area contributed by atoms with Crippen molar-refractivity contribution in [1.82, 2.24) is 0 Å². The summed E-state index contributed by atoms with van der Waals surface area (Å²) in [5.74, 6) is 0.0970. The molecule has 3 aromatic carbocycles. The Labute approximate surface area is 198 Å². The normalized spacial score (nSPS) is 17.1. The molecule has 1 amide bonds. The third-order valence-electron chi connectivity index (χ3n) is 6.16. The molecular formula is C25H23ClN2O4S. The van der Waals surface area contributed by atoms with E-state index in [0.717, 1.165) is 23.2 Å². The van der Waals surface area contributed by atoms with Crippen LogP contribution in [0.1, 0.15) is 18.1 Å². The fourth-order valence-corrected chi connectivity index (χ4v) is 6.43. The number of ether oxygens (including phenoxy) is 1. The van der Waals surface area contributed by atoms with Gasteiger partial charge in [0, 0.05) is 18.3 Å². The van der Waals surface area contributed by atoms with Crippen molar-refractivity contribution in [3.63, 3.8) is 0 Å². The first-order valence-electron chi connectivity index (χ1n) is 10.8. The summed E-state index contributed by atoms with van der Waals surface area (Å²) in [6, 6.07) is 19.7. The van der Waals surface area contributed by atoms with Crippen molar-refractivity contribution in [2.45, 2.75) is 30.7 Å². The van der Waals surface area contributed by atoms with E-state index in [1.165, 1.54) is 22.5 Å². The predicted octanol–water partition coefficient (Wildman–Crippen LogP) is 4.45. The van der Waals surface area contributed by atoms with E-state index in [1.807, 2.05) is 55.5 Å². The number of amides is 1. The molecule has 0 N–H and O–H groups in total. The maximum atomic E-state index is 13.2. The monoisotopic (exact) mass is 482 g/mol. The highest BCUT2D eigenvalue weighted by molar-refractivity contribution is 7.92. The van der Waals surface area contributed by atoms with Crippen LogP contribution in [0.15, 0.2) is 71.6 Å². The summed E-state index contributed by atoms with van der Waals surface area (Å²) in [5.41, 5.74) is 3.73. The third kappa shape index (κ3) is 3.85. The lowest BCUT2D eigenvalue weighted by Crippen LogP contribution is -2.39. The van der Waals surface area contributed by atoms with Crippen LogP contribution in [0.25, 0.3) is 0 Å². The summed E-state index contributed by atoms with van der Waals surface area (Å²) in [7, 11) is -3.76. The van der Waals surface area contributed by atoms with Gasteiger partial charge in [-0.2, -0.15) is 0 Å². The lowest BCUT2D eigenvalue weighted by atomic mass is 10.1. The van der Waals surface area contributed by atoms with Gasteiger partial charge in [-0.05, 0) is 61.2 Å². The molecule has 33 heavy (non-hydrogen) atoms. The number of anilines is 2. The van der Waals surface area contributed by atoms with Gasteiger partial charge in [0.15, 0.2) is 6.61 Å². The Bertz CT molecular complexity index is 1340. The maximum Gasteiger partial charge on any atom is 0.265 e. The zero-order valence-electron chi connectivity index (χ0n) is 18.1. The van der Waals surface area contributed by atoms with Crippen molar-refractivity contribution in [2.75, 3.05) is 22.4 Å². The molecule has 0 saturated carbocycles. The Morgan fingerprint density at radius 1 is 1.03 bits per heavy atom. The lowest BCUT2D eigenvalue weighted by Gasteiger charge is -2.23. The Hall–Kier alpha value is -3.03. The molecule has 0 aromatic heterocycles. The van der Waals surface area contributed by atoms with E-state index in [1.54, 1.807) is 4.90 Å². The molecule has 2 aliphatic rings. The fourth-order valence-electron chi connectivity index (χ4n) is 4.60. The number of para-hydroxylation sites is 2. The molecule has 0 saturated heterocycles. The zero-order valence-corrected chi connectivity index (χ0v) is 19.6. The molecular weight excluding hydrogens is 460 g/mol. The lowest BCUT2D eigenvalue weighted by molar-refractivity contribution is -0.120. The minimum atomic E-state index is -3.76. The average molecular weight is 483 g/mol. The summed E-state index contributed by atoms with van der Waals surface area (Å²) in [6.07, 6.45) is 1.47. The van der Waals surface area contributed by atoms with Crippen LogP contribution in [0.3, 0.4) is 0 Å². The van der Waals surface area contributed by atoms with Crippen molar-refractivity contribution < 1.29 is 17.9 Å². The van der Waals surface area contributed by atoms with Gasteiger partial charge in [-0.3, -0.25) is 9.10 Å². The first kappa shape index (κ1) is 21.8. The Kier molecular flexibility index (Phi) is 5.54. The highest BCUT2D eigenvalue weighted by Gasteiger charge is 2.32. The number of hydrogen-bond acceptors (Lipinski definition) is 4. The van der Waals surface area contributed by atoms with Crippen LogP contribution in [0.2, 0.25) is 5.02 Å². The van der Waals surface area contributed by atoms with E-state index in [0.29, 0.717) is 18.7 Å². The second-order valence-electron chi connectivity index (χ2n) is 8.28. The van der Waals surface area contributed by atoms with Gasteiger partial charge in [0.25, 0.3) is 15.9 Å². The van der Waals surface area contributed by atoms with Crippen molar-refractivity contribution in [2.24, 2.45) is 0 Å². The molecule has 170 valence electrons. The van der Waals surface area contributed by atoms with Crippen molar-refractivity contribution in [1.29, 1.82) is 0 Å². The van der Waals surface area contributed by atoms with Gasteiger partial charge in [-0.25, -0.2) is 8.42 Å². The number of sulfonamides is 1. The summed E-state index contributed by atoms with van der Waals surface area (Å²) in [5, 5.41) is 0.145. The van der Waals surface area contributed by atoms with Crippen LogP contribution >= 0.6 is 11.6 Å². The smallest absolute Gasteiger partial charge is 0.265 e. The van der Waals surface area contributed by atoms with E-state index in [-0.39, 0.29) is 34.2 Å². The van der Waals surface area contributed by atoms with Crippen LogP contribution in [-0.4, -0.2) is 33.5 Å². The molecule has 5 rings (SSSR count). The second kappa shape index (κ2) is 8.39. The number of halogens is 1. The molecule has 0 unspecified atom stereocenters. The number of carbonyl (C=O) groups excluding carboxylic acids is 1. The van der Waals surface area contributed by atoms with E-state index in [9.17, 15) is 13.2 Å². The molecule has 0 aliphatic carbocycles. The highest BCUT2D eigenvalue weighted by atomic mass is 35.5. The summed E-state index contributed by atoms with van der Waals surface area (Å²) < 4.78 is 33.5. The van der Waals surface area contributed by atoms with Gasteiger partial charge >= 0.3 is 0 Å². The second-order valence-corrected chi connectivity index (χ2v) is 10.6. The molecule has 0 fully saturated rings. The molecule has 0 spiro atoms. The summed E-state index contributed by atoms with van der Waals surface area (Å²) >= 11 is 6.36. The van der Waals surface area contributed by atoms with Crippen molar-refractivity contribution in [3.8, 4) is 5.75 Å². The average Bonchev–Trinajstić information content (AvgIpc) is 3.38. The van der Waals surface area contributed by atoms with E-state index < -0.39 is 10.0 Å². The van der Waals surface area contributed by atoms with E-state index >= 15 is 0 Å². The maximum absolute atomic E-state index is 13.2. The van der Waals surface area contributed by atoms with Crippen molar-refractivity contribution >= 4 is 38.9 Å². The Balaban J connectivity index is 1.31. The first-order valence-corrected chi connectivity index (χ1v) is 12.6. The van der Waals surface area contributed by atoms with E-state index in [2.05, 4.69) is 0 Å². The van der Waals surface area contributed by atoms with Gasteiger partial charge in [-0.15, -0.1) is 0 Å². The Morgan fingerprint density at radius 2 is 1.73 bits per heavy atom. The van der Waals surface area contributed by atoms with Gasteiger partial charge in [0.1, 0.15) is 5.75 Å². The molecule has 1 atom stereocenters. The standard InChI is InChI=1S/C25H23ClN2O4S/c1-17-14-19-7-3-5-9-23(19)28(17)25(29)16-32-24-11-10-20(15-21(24)26)33(30,31)27-13-12-18-6-2-4-8-22(18)27/h2-11,15,17H,12-14,16H2,1H3/t17-/m1/s1. The van der Waals surface area contributed by atoms with Crippen LogP contribution in [0.4, 0.5) is 11.4 Å². The molecule has 2 heterocycles. The van der Waals surface area contributed by atoms with Gasteiger partial charge in [0.2, 0.25) is 0 Å². The molecule has 0 radical (unpaired) electrons. The highest BCUT2D eigenvalue weighted by Crippen LogP contribution is 2.35. The topological polar surface area (TPSA) is 66.9 Å². The van der Waals surface area contributed by atoms with Gasteiger partial charge < -0.3 is 9.64 Å². The molecule has 2 aliphatic heterocycles. The Morgan fingerprint density at radius 3 is 2.48 bits per heavy atom. The summed E-state index contributed by atoms with van der Waals surface area (Å²) in [4.78, 5) is 14.7. The minimum absolute atomic E-state index is 0.0461. The van der Waals surface area contributed by atoms with Crippen LogP contribution < -0.4 is 13.9 Å². The largest absolute Gasteiger partial charge is 0.482 e. The number of nitrogens with zero attached hydrogens (tertiary/aromatic N) is 2. The minimum Gasteiger partial charge on any atom is -0.482 e. The van der Waals surface area contributed by atoms with Crippen LogP contribution in [0, 0.1) is 0 Å². The number of rotatable bonds is 5. The zero-order chi connectivity index (χ0) is 23.2. The molecule has 8 heteroatoms. The number of hydrogen-bond donors (Lipinski definition) is 0. The van der Waals surface area contributed by atoms with Crippen molar-refractivity contribution in [3.05, 3.63) is 82.9 Å². The first-order chi connectivity index (χ1) is 15.9. The number of benzene rings is 3. The third-order valence-corrected chi connectivity index (χ3v) is 8.27. The molecule has 0 bridgehead atoms. The van der Waals surface area contributed by atoms with Crippen LogP contribution in [-0.2, 0) is 27.7 Å². The van der Waals surface area contributed by atoms with Gasteiger partial charge in [-0.1, -0.05) is 48.0 Å². The fraction of sp³-hybridized carbons (Fsp3) is 0.240. The molecule has 6 nitrogen and oxygen atoms in total.